The minimum Gasteiger partial charge on any atom is -0.463 e. The molecule has 0 aromatic heterocycles. The Bertz CT molecular complexity index is 415. The Labute approximate surface area is 167 Å². The zero-order chi connectivity index (χ0) is 20.5. The Morgan fingerprint density at radius 1 is 0.926 bits per heavy atom. The van der Waals surface area contributed by atoms with Crippen LogP contribution in [-0.2, 0) is 19.1 Å². The fourth-order valence-electron chi connectivity index (χ4n) is 2.89. The number of unbranched alkanes of at least 4 members (excludes halogenated alkanes) is 6. The monoisotopic (exact) mass is 382 g/mol. The van der Waals surface area contributed by atoms with Gasteiger partial charge < -0.3 is 9.47 Å². The molecule has 0 N–H and O–H groups in total. The first-order chi connectivity index (χ1) is 12.9. The lowest BCUT2D eigenvalue weighted by atomic mass is 10.0. The van der Waals surface area contributed by atoms with Gasteiger partial charge in [-0.25, -0.2) is 4.79 Å². The number of hydrogen-bond acceptors (Lipinski definition) is 4. The fourth-order valence-corrected chi connectivity index (χ4v) is 2.89. The van der Waals surface area contributed by atoms with E-state index >= 15 is 0 Å². The van der Waals surface area contributed by atoms with Crippen molar-refractivity contribution in [3.8, 4) is 0 Å². The number of hydrogen-bond donors (Lipinski definition) is 0. The molecular formula is C23H42O4. The highest BCUT2D eigenvalue weighted by Crippen LogP contribution is 2.14. The molecule has 0 saturated carbocycles. The van der Waals surface area contributed by atoms with Crippen molar-refractivity contribution < 1.29 is 19.1 Å². The standard InChI is InChI=1S/C23H42O4/c1-6-8-16-20(5)17-14-12-10-9-11-13-15-18-21(24)27-22(19(3)4)23(25)26-7-2/h14,17,19-20,22H,6-13,15-16,18H2,1-5H3/b17-14-. The van der Waals surface area contributed by atoms with Crippen LogP contribution >= 0.6 is 0 Å². The lowest BCUT2D eigenvalue weighted by Gasteiger charge is -2.19. The van der Waals surface area contributed by atoms with E-state index in [1.165, 1.54) is 32.1 Å². The Morgan fingerprint density at radius 2 is 1.59 bits per heavy atom. The predicted octanol–water partition coefficient (Wildman–Crippen LogP) is 6.23. The van der Waals surface area contributed by atoms with Crippen LogP contribution in [0.1, 0.15) is 98.8 Å². The molecule has 2 atom stereocenters. The quantitative estimate of drug-likeness (QED) is 0.180. The maximum absolute atomic E-state index is 11.9. The van der Waals surface area contributed by atoms with Gasteiger partial charge in [-0.05, 0) is 38.5 Å². The molecule has 0 fully saturated rings. The van der Waals surface area contributed by atoms with Gasteiger partial charge in [0, 0.05) is 12.3 Å². The van der Waals surface area contributed by atoms with Crippen LogP contribution in [0.25, 0.3) is 0 Å². The predicted molar refractivity (Wildman–Crippen MR) is 111 cm³/mol. The molecule has 0 aromatic carbocycles. The normalized spacial score (nSPS) is 13.7. The summed E-state index contributed by atoms with van der Waals surface area (Å²) in [6, 6.07) is 0. The van der Waals surface area contributed by atoms with Gasteiger partial charge in [0.05, 0.1) is 6.61 Å². The topological polar surface area (TPSA) is 52.6 Å². The molecule has 0 amide bonds. The number of rotatable bonds is 16. The molecule has 0 aliphatic heterocycles. The molecule has 0 saturated heterocycles. The second-order valence-corrected chi connectivity index (χ2v) is 7.76. The summed E-state index contributed by atoms with van der Waals surface area (Å²) in [4.78, 5) is 23.8. The van der Waals surface area contributed by atoms with E-state index in [9.17, 15) is 9.59 Å². The van der Waals surface area contributed by atoms with Crippen LogP contribution in [0.2, 0.25) is 0 Å². The van der Waals surface area contributed by atoms with Gasteiger partial charge in [0.25, 0.3) is 0 Å². The highest BCUT2D eigenvalue weighted by atomic mass is 16.6. The smallest absolute Gasteiger partial charge is 0.347 e. The number of carbonyl (C=O) groups excluding carboxylic acids is 2. The van der Waals surface area contributed by atoms with Crippen molar-refractivity contribution in [2.75, 3.05) is 6.61 Å². The van der Waals surface area contributed by atoms with E-state index in [-0.39, 0.29) is 11.9 Å². The van der Waals surface area contributed by atoms with Gasteiger partial charge in [-0.15, -0.1) is 0 Å². The summed E-state index contributed by atoms with van der Waals surface area (Å²) in [6.45, 7) is 10.3. The van der Waals surface area contributed by atoms with Crippen molar-refractivity contribution in [3.05, 3.63) is 12.2 Å². The average molecular weight is 383 g/mol. The van der Waals surface area contributed by atoms with Crippen molar-refractivity contribution in [2.24, 2.45) is 11.8 Å². The minimum absolute atomic E-state index is 0.0780. The van der Waals surface area contributed by atoms with Crippen molar-refractivity contribution >= 4 is 11.9 Å². The summed E-state index contributed by atoms with van der Waals surface area (Å²) >= 11 is 0. The zero-order valence-corrected chi connectivity index (χ0v) is 18.3. The summed E-state index contributed by atoms with van der Waals surface area (Å²) < 4.78 is 10.3. The Morgan fingerprint density at radius 3 is 2.22 bits per heavy atom. The first-order valence-electron chi connectivity index (χ1n) is 10.9. The van der Waals surface area contributed by atoms with Crippen LogP contribution in [0.3, 0.4) is 0 Å². The molecule has 27 heavy (non-hydrogen) atoms. The maximum atomic E-state index is 11.9. The largest absolute Gasteiger partial charge is 0.463 e. The second-order valence-electron chi connectivity index (χ2n) is 7.76. The third-order valence-corrected chi connectivity index (χ3v) is 4.61. The Hall–Kier alpha value is -1.32. The molecule has 158 valence electrons. The summed E-state index contributed by atoms with van der Waals surface area (Å²) in [5, 5.41) is 0. The molecule has 4 heteroatoms. The van der Waals surface area contributed by atoms with Crippen LogP contribution in [0.4, 0.5) is 0 Å². The van der Waals surface area contributed by atoms with Gasteiger partial charge in [0.1, 0.15) is 0 Å². The first-order valence-corrected chi connectivity index (χ1v) is 10.9. The minimum atomic E-state index is -0.788. The molecule has 0 radical (unpaired) electrons. The zero-order valence-electron chi connectivity index (χ0n) is 18.3. The first kappa shape index (κ1) is 25.7. The highest BCUT2D eigenvalue weighted by Gasteiger charge is 2.27. The molecule has 4 nitrogen and oxygen atoms in total. The fraction of sp³-hybridized carbons (Fsp3) is 0.826. The van der Waals surface area contributed by atoms with E-state index < -0.39 is 12.1 Å². The highest BCUT2D eigenvalue weighted by molar-refractivity contribution is 5.79. The van der Waals surface area contributed by atoms with Crippen molar-refractivity contribution in [1.82, 2.24) is 0 Å². The summed E-state index contributed by atoms with van der Waals surface area (Å²) in [5.41, 5.74) is 0. The Kier molecular flexibility index (Phi) is 16.0. The SMILES string of the molecule is CCCCC(C)/C=C\CCCCCCCC(=O)OC(C(=O)OCC)C(C)C. The third kappa shape index (κ3) is 14.4. The van der Waals surface area contributed by atoms with Gasteiger partial charge in [0.15, 0.2) is 0 Å². The van der Waals surface area contributed by atoms with Crippen LogP contribution in [0.15, 0.2) is 12.2 Å². The molecule has 0 aromatic rings. The van der Waals surface area contributed by atoms with Gasteiger partial charge in [-0.3, -0.25) is 4.79 Å². The number of allylic oxidation sites excluding steroid dienone is 2. The van der Waals surface area contributed by atoms with Crippen LogP contribution < -0.4 is 0 Å². The molecule has 0 heterocycles. The number of carbonyl (C=O) groups is 2. The molecule has 0 aliphatic rings. The van der Waals surface area contributed by atoms with Crippen molar-refractivity contribution in [3.63, 3.8) is 0 Å². The van der Waals surface area contributed by atoms with Gasteiger partial charge in [-0.2, -0.15) is 0 Å². The van der Waals surface area contributed by atoms with E-state index in [1.54, 1.807) is 6.92 Å². The van der Waals surface area contributed by atoms with Gasteiger partial charge >= 0.3 is 11.9 Å². The Balaban J connectivity index is 3.75. The third-order valence-electron chi connectivity index (χ3n) is 4.61. The average Bonchev–Trinajstić information content (AvgIpc) is 2.62. The number of ether oxygens (including phenoxy) is 2. The van der Waals surface area contributed by atoms with Crippen molar-refractivity contribution in [1.29, 1.82) is 0 Å². The van der Waals surface area contributed by atoms with Crippen molar-refractivity contribution in [2.45, 2.75) is 105 Å². The maximum Gasteiger partial charge on any atom is 0.347 e. The van der Waals surface area contributed by atoms with Crippen LogP contribution in [0.5, 0.6) is 0 Å². The summed E-state index contributed by atoms with van der Waals surface area (Å²) in [5.74, 6) is -0.130. The summed E-state index contributed by atoms with van der Waals surface area (Å²) in [7, 11) is 0. The lowest BCUT2D eigenvalue weighted by Crippen LogP contribution is -2.33. The van der Waals surface area contributed by atoms with Crippen LogP contribution in [0, 0.1) is 11.8 Å². The molecule has 0 bridgehead atoms. The molecule has 2 unspecified atom stereocenters. The number of esters is 2. The molecule has 0 aliphatic carbocycles. The van der Waals surface area contributed by atoms with E-state index in [0.717, 1.165) is 25.7 Å². The van der Waals surface area contributed by atoms with Gasteiger partial charge in [0.2, 0.25) is 6.10 Å². The lowest BCUT2D eigenvalue weighted by molar-refractivity contribution is -0.170. The van der Waals surface area contributed by atoms with E-state index in [1.807, 2.05) is 13.8 Å². The molecule has 0 spiro atoms. The van der Waals surface area contributed by atoms with Gasteiger partial charge in [-0.1, -0.05) is 72.0 Å². The van der Waals surface area contributed by atoms with E-state index in [2.05, 4.69) is 26.0 Å². The molecular weight excluding hydrogens is 340 g/mol. The van der Waals surface area contributed by atoms with E-state index in [4.69, 9.17) is 9.47 Å². The van der Waals surface area contributed by atoms with E-state index in [0.29, 0.717) is 18.9 Å². The summed E-state index contributed by atoms with van der Waals surface area (Å²) in [6.07, 6.45) is 14.6. The second kappa shape index (κ2) is 16.8. The molecule has 0 rings (SSSR count). The van der Waals surface area contributed by atoms with Crippen LogP contribution in [-0.4, -0.2) is 24.6 Å².